The van der Waals surface area contributed by atoms with E-state index in [0.29, 0.717) is 0 Å². The highest BCUT2D eigenvalue weighted by molar-refractivity contribution is 5.20. The third-order valence-corrected chi connectivity index (χ3v) is 1.17. The summed E-state index contributed by atoms with van der Waals surface area (Å²) in [6.45, 7) is 2.12. The highest BCUT2D eigenvalue weighted by Gasteiger charge is 1.87. The van der Waals surface area contributed by atoms with Gasteiger partial charge in [0.15, 0.2) is 0 Å². The van der Waals surface area contributed by atoms with Crippen LogP contribution in [-0.4, -0.2) is 15.9 Å². The van der Waals surface area contributed by atoms with Crippen molar-refractivity contribution < 1.29 is 9.59 Å². The largest absolute Gasteiger partial charge is 0.373 e. The van der Waals surface area contributed by atoms with Crippen LogP contribution in [0.3, 0.4) is 0 Å². The molecule has 0 aliphatic rings. The SMILES string of the molecule is CCc1cnn(C)c1.O=C=O. The van der Waals surface area contributed by atoms with E-state index in [1.807, 2.05) is 24.1 Å². The topological polar surface area (TPSA) is 52.0 Å². The second-order valence-corrected chi connectivity index (χ2v) is 1.96. The summed E-state index contributed by atoms with van der Waals surface area (Å²) in [6, 6.07) is 0. The lowest BCUT2D eigenvalue weighted by molar-refractivity contribution is -0.191. The Kier molecular flexibility index (Phi) is 4.69. The van der Waals surface area contributed by atoms with Crippen molar-refractivity contribution in [3.63, 3.8) is 0 Å². The lowest BCUT2D eigenvalue weighted by Crippen LogP contribution is -1.84. The maximum atomic E-state index is 8.12. The number of aromatic nitrogens is 2. The first-order chi connectivity index (χ1) is 5.24. The number of rotatable bonds is 1. The molecule has 60 valence electrons. The molecule has 0 fully saturated rings. The summed E-state index contributed by atoms with van der Waals surface area (Å²) in [5, 5.41) is 4.00. The summed E-state index contributed by atoms with van der Waals surface area (Å²) < 4.78 is 1.82. The molecular weight excluding hydrogens is 144 g/mol. The highest BCUT2D eigenvalue weighted by atomic mass is 16.2. The molecular formula is C7H10N2O2. The molecule has 0 amide bonds. The molecule has 4 heteroatoms. The van der Waals surface area contributed by atoms with Gasteiger partial charge in [0, 0.05) is 13.2 Å². The number of nitrogens with zero attached hydrogens (tertiary/aromatic N) is 2. The summed E-state index contributed by atoms with van der Waals surface area (Å²) in [4.78, 5) is 16.2. The first-order valence-electron chi connectivity index (χ1n) is 3.21. The van der Waals surface area contributed by atoms with Crippen LogP contribution in [0.1, 0.15) is 12.5 Å². The molecule has 4 nitrogen and oxygen atoms in total. The molecule has 0 aromatic carbocycles. The maximum absolute atomic E-state index is 8.12. The Bertz CT molecular complexity index is 236. The fourth-order valence-corrected chi connectivity index (χ4v) is 0.654. The molecule has 0 aliphatic carbocycles. The van der Waals surface area contributed by atoms with Gasteiger partial charge in [0.25, 0.3) is 0 Å². The molecule has 0 aliphatic heterocycles. The Morgan fingerprint density at radius 3 is 2.36 bits per heavy atom. The monoisotopic (exact) mass is 154 g/mol. The molecule has 1 aromatic heterocycles. The normalized spacial score (nSPS) is 7.82. The Balaban J connectivity index is 0.000000292. The fraction of sp³-hybridized carbons (Fsp3) is 0.429. The zero-order chi connectivity index (χ0) is 8.69. The van der Waals surface area contributed by atoms with Crippen LogP contribution < -0.4 is 0 Å². The molecule has 0 radical (unpaired) electrons. The van der Waals surface area contributed by atoms with Gasteiger partial charge >= 0.3 is 6.15 Å². The predicted molar refractivity (Wildman–Crippen MR) is 37.6 cm³/mol. The Morgan fingerprint density at radius 1 is 1.64 bits per heavy atom. The van der Waals surface area contributed by atoms with Gasteiger partial charge < -0.3 is 0 Å². The average Bonchev–Trinajstić information content (AvgIpc) is 2.37. The number of hydrogen-bond acceptors (Lipinski definition) is 3. The predicted octanol–water partition coefficient (Wildman–Crippen LogP) is 0.399. The van der Waals surface area contributed by atoms with Crippen molar-refractivity contribution in [1.82, 2.24) is 9.78 Å². The second-order valence-electron chi connectivity index (χ2n) is 1.96. The van der Waals surface area contributed by atoms with Gasteiger partial charge in [0.2, 0.25) is 0 Å². The summed E-state index contributed by atoms with van der Waals surface area (Å²) in [5.74, 6) is 0. The summed E-state index contributed by atoms with van der Waals surface area (Å²) in [6.07, 6.45) is 5.24. The summed E-state index contributed by atoms with van der Waals surface area (Å²) in [7, 11) is 1.93. The van der Waals surface area contributed by atoms with Crippen LogP contribution in [0.5, 0.6) is 0 Å². The minimum atomic E-state index is 0.250. The van der Waals surface area contributed by atoms with E-state index in [0.717, 1.165) is 6.42 Å². The van der Waals surface area contributed by atoms with Crippen LogP contribution in [0.4, 0.5) is 0 Å². The van der Waals surface area contributed by atoms with Crippen molar-refractivity contribution in [1.29, 1.82) is 0 Å². The van der Waals surface area contributed by atoms with Crippen LogP contribution in [0.25, 0.3) is 0 Å². The van der Waals surface area contributed by atoms with Gasteiger partial charge in [-0.3, -0.25) is 4.68 Å². The Labute approximate surface area is 64.8 Å². The van der Waals surface area contributed by atoms with Gasteiger partial charge in [-0.25, -0.2) is 0 Å². The van der Waals surface area contributed by atoms with Crippen LogP contribution in [0, 0.1) is 0 Å². The molecule has 0 unspecified atom stereocenters. The minimum absolute atomic E-state index is 0.250. The van der Waals surface area contributed by atoms with Crippen molar-refractivity contribution in [2.45, 2.75) is 13.3 Å². The van der Waals surface area contributed by atoms with E-state index < -0.39 is 0 Å². The minimum Gasteiger partial charge on any atom is -0.276 e. The number of hydrogen-bond donors (Lipinski definition) is 0. The first kappa shape index (κ1) is 9.59. The van der Waals surface area contributed by atoms with E-state index in [4.69, 9.17) is 9.59 Å². The van der Waals surface area contributed by atoms with E-state index in [-0.39, 0.29) is 6.15 Å². The molecule has 11 heavy (non-hydrogen) atoms. The van der Waals surface area contributed by atoms with E-state index in [9.17, 15) is 0 Å². The zero-order valence-corrected chi connectivity index (χ0v) is 6.57. The molecule has 0 spiro atoms. The van der Waals surface area contributed by atoms with Gasteiger partial charge in [-0.15, -0.1) is 0 Å². The third kappa shape index (κ3) is 4.06. The lowest BCUT2D eigenvalue weighted by Gasteiger charge is -1.81. The number of carbonyl (C=O) groups excluding carboxylic acids is 2. The van der Waals surface area contributed by atoms with E-state index in [1.54, 1.807) is 0 Å². The molecule has 1 aromatic rings. The van der Waals surface area contributed by atoms with Crippen molar-refractivity contribution in [2.24, 2.45) is 7.05 Å². The van der Waals surface area contributed by atoms with E-state index in [2.05, 4.69) is 12.0 Å². The molecule has 1 heterocycles. The quantitative estimate of drug-likeness (QED) is 0.588. The Hall–Kier alpha value is -1.41. The van der Waals surface area contributed by atoms with Crippen LogP contribution in [0.15, 0.2) is 12.4 Å². The van der Waals surface area contributed by atoms with Gasteiger partial charge in [-0.2, -0.15) is 14.7 Å². The van der Waals surface area contributed by atoms with E-state index >= 15 is 0 Å². The lowest BCUT2D eigenvalue weighted by atomic mass is 10.3. The molecule has 1 rings (SSSR count). The second kappa shape index (κ2) is 5.38. The van der Waals surface area contributed by atoms with Crippen LogP contribution in [0.2, 0.25) is 0 Å². The van der Waals surface area contributed by atoms with Crippen molar-refractivity contribution >= 4 is 6.15 Å². The summed E-state index contributed by atoms with van der Waals surface area (Å²) in [5.41, 5.74) is 1.30. The van der Waals surface area contributed by atoms with Gasteiger partial charge in [-0.05, 0) is 12.0 Å². The van der Waals surface area contributed by atoms with Crippen LogP contribution >= 0.6 is 0 Å². The molecule has 0 N–H and O–H groups in total. The van der Waals surface area contributed by atoms with Crippen molar-refractivity contribution in [3.8, 4) is 0 Å². The summed E-state index contributed by atoms with van der Waals surface area (Å²) >= 11 is 0. The van der Waals surface area contributed by atoms with Crippen molar-refractivity contribution in [3.05, 3.63) is 18.0 Å². The molecule has 0 bridgehead atoms. The first-order valence-corrected chi connectivity index (χ1v) is 3.21. The average molecular weight is 154 g/mol. The standard InChI is InChI=1S/C6H10N2.CO2/c1-3-6-4-7-8(2)5-6;2-1-3/h4-5H,3H2,1-2H3;. The molecule has 0 atom stereocenters. The fourth-order valence-electron chi connectivity index (χ4n) is 0.654. The Morgan fingerprint density at radius 2 is 2.18 bits per heavy atom. The van der Waals surface area contributed by atoms with Crippen molar-refractivity contribution in [2.75, 3.05) is 0 Å². The van der Waals surface area contributed by atoms with Crippen LogP contribution in [-0.2, 0) is 23.1 Å². The van der Waals surface area contributed by atoms with E-state index in [1.165, 1.54) is 5.56 Å². The third-order valence-electron chi connectivity index (χ3n) is 1.17. The molecule has 0 saturated carbocycles. The van der Waals surface area contributed by atoms with Gasteiger partial charge in [0.05, 0.1) is 6.20 Å². The maximum Gasteiger partial charge on any atom is 0.373 e. The molecule has 0 saturated heterocycles. The smallest absolute Gasteiger partial charge is 0.276 e. The highest BCUT2D eigenvalue weighted by Crippen LogP contribution is 1.94. The van der Waals surface area contributed by atoms with Gasteiger partial charge in [-0.1, -0.05) is 6.92 Å². The zero-order valence-electron chi connectivity index (χ0n) is 6.57. The van der Waals surface area contributed by atoms with Gasteiger partial charge in [0.1, 0.15) is 0 Å². The number of aryl methyl sites for hydroxylation is 2.